The molecule has 1 unspecified atom stereocenters. The highest BCUT2D eigenvalue weighted by Gasteiger charge is 2.32. The van der Waals surface area contributed by atoms with Crippen molar-refractivity contribution in [2.45, 2.75) is 32.5 Å². The summed E-state index contributed by atoms with van der Waals surface area (Å²) < 4.78 is 46.8. The average molecular weight is 551 g/mol. The highest BCUT2D eigenvalue weighted by atomic mass is 127. The third kappa shape index (κ3) is 6.12. The molecule has 1 fully saturated rings. The van der Waals surface area contributed by atoms with Crippen LogP contribution in [0.2, 0.25) is 0 Å². The van der Waals surface area contributed by atoms with E-state index in [1.807, 2.05) is 30.5 Å². The number of aliphatic imine (C=N–C) groups is 1. The van der Waals surface area contributed by atoms with E-state index in [2.05, 4.69) is 15.4 Å². The molecule has 0 radical (unpaired) electrons. The van der Waals surface area contributed by atoms with Crippen molar-refractivity contribution in [3.63, 3.8) is 0 Å². The minimum Gasteiger partial charge on any atom is -0.370 e. The molecule has 10 heteroatoms. The summed E-state index contributed by atoms with van der Waals surface area (Å²) in [5.74, 6) is 0.717. The quantitative estimate of drug-likeness (QED) is 0.357. The zero-order valence-corrected chi connectivity index (χ0v) is 20.5. The van der Waals surface area contributed by atoms with Gasteiger partial charge >= 0.3 is 6.18 Å². The van der Waals surface area contributed by atoms with Gasteiger partial charge in [-0.3, -0.25) is 9.67 Å². The normalized spacial score (nSPS) is 17.5. The lowest BCUT2D eigenvalue weighted by Crippen LogP contribution is -2.48. The van der Waals surface area contributed by atoms with Gasteiger partial charge in [0.2, 0.25) is 0 Å². The van der Waals surface area contributed by atoms with Crippen LogP contribution in [0.15, 0.2) is 29.3 Å². The van der Waals surface area contributed by atoms with Gasteiger partial charge in [-0.05, 0) is 43.5 Å². The van der Waals surface area contributed by atoms with Gasteiger partial charge < -0.3 is 15.0 Å². The first-order chi connectivity index (χ1) is 14.2. The fourth-order valence-corrected chi connectivity index (χ4v) is 3.77. The lowest BCUT2D eigenvalue weighted by atomic mass is 10.0. The van der Waals surface area contributed by atoms with E-state index in [0.717, 1.165) is 35.9 Å². The van der Waals surface area contributed by atoms with Crippen LogP contribution in [0, 0.1) is 13.8 Å². The molecule has 0 amide bonds. The van der Waals surface area contributed by atoms with E-state index in [4.69, 9.17) is 4.74 Å². The Kier molecular flexibility index (Phi) is 8.75. The maximum atomic E-state index is 13.0. The molecule has 172 valence electrons. The first-order valence-corrected chi connectivity index (χ1v) is 9.94. The van der Waals surface area contributed by atoms with Crippen molar-refractivity contribution in [3.8, 4) is 0 Å². The monoisotopic (exact) mass is 551 g/mol. The van der Waals surface area contributed by atoms with Crippen LogP contribution in [0.1, 0.15) is 34.2 Å². The van der Waals surface area contributed by atoms with Crippen LogP contribution in [-0.4, -0.2) is 53.9 Å². The Bertz CT molecular complexity index is 913. The summed E-state index contributed by atoms with van der Waals surface area (Å²) in [7, 11) is 3.64. The third-order valence-corrected chi connectivity index (χ3v) is 5.48. The number of hydrogen-bond donors (Lipinski definition) is 1. The van der Waals surface area contributed by atoms with E-state index in [0.29, 0.717) is 31.8 Å². The van der Waals surface area contributed by atoms with Crippen LogP contribution in [-0.2, 0) is 24.4 Å². The molecule has 1 aliphatic rings. The molecule has 1 aliphatic heterocycles. The molecule has 2 heterocycles. The molecule has 6 nitrogen and oxygen atoms in total. The summed E-state index contributed by atoms with van der Waals surface area (Å²) in [6, 6.07) is 5.34. The van der Waals surface area contributed by atoms with Crippen molar-refractivity contribution in [2.75, 3.05) is 33.3 Å². The summed E-state index contributed by atoms with van der Waals surface area (Å²) in [5.41, 5.74) is 3.23. The predicted octanol–water partition coefficient (Wildman–Crippen LogP) is 3.87. The van der Waals surface area contributed by atoms with Gasteiger partial charge in [-0.2, -0.15) is 18.3 Å². The number of benzene rings is 1. The largest absolute Gasteiger partial charge is 0.416 e. The van der Waals surface area contributed by atoms with Crippen LogP contribution in [0.25, 0.3) is 0 Å². The predicted molar refractivity (Wildman–Crippen MR) is 125 cm³/mol. The van der Waals surface area contributed by atoms with Crippen molar-refractivity contribution < 1.29 is 17.9 Å². The number of nitrogens with one attached hydrogen (secondary N) is 1. The summed E-state index contributed by atoms with van der Waals surface area (Å²) in [6.45, 7) is 6.21. The van der Waals surface area contributed by atoms with Crippen molar-refractivity contribution in [1.29, 1.82) is 0 Å². The topological polar surface area (TPSA) is 54.7 Å². The number of morpholine rings is 1. The zero-order chi connectivity index (χ0) is 21.9. The smallest absolute Gasteiger partial charge is 0.370 e. The Labute approximate surface area is 197 Å². The molecule has 0 bridgehead atoms. The van der Waals surface area contributed by atoms with Gasteiger partial charge in [0, 0.05) is 32.9 Å². The van der Waals surface area contributed by atoms with Gasteiger partial charge in [0.05, 0.1) is 24.4 Å². The second-order valence-corrected chi connectivity index (χ2v) is 7.43. The molecule has 3 rings (SSSR count). The molecule has 0 saturated carbocycles. The van der Waals surface area contributed by atoms with Crippen LogP contribution in [0.5, 0.6) is 0 Å². The third-order valence-electron chi connectivity index (χ3n) is 5.48. The molecular formula is C21H29F3IN5O. The van der Waals surface area contributed by atoms with Crippen molar-refractivity contribution in [1.82, 2.24) is 20.0 Å². The Morgan fingerprint density at radius 3 is 2.68 bits per heavy atom. The number of halogens is 4. The minimum absolute atomic E-state index is 0. The zero-order valence-electron chi connectivity index (χ0n) is 18.2. The summed E-state index contributed by atoms with van der Waals surface area (Å²) in [5, 5.41) is 7.80. The molecule has 0 aliphatic carbocycles. The van der Waals surface area contributed by atoms with E-state index < -0.39 is 17.8 Å². The van der Waals surface area contributed by atoms with Gasteiger partial charge in [-0.1, -0.05) is 12.1 Å². The number of ether oxygens (including phenoxy) is 1. The SMILES string of the molecule is CN=C(NCCc1c(C)nn(C)c1C)N1CCOC(c2cccc(C(F)(F)F)c2)C1.I. The van der Waals surface area contributed by atoms with Gasteiger partial charge in [-0.25, -0.2) is 0 Å². The highest BCUT2D eigenvalue weighted by molar-refractivity contribution is 14.0. The molecule has 1 aromatic carbocycles. The number of nitrogens with zero attached hydrogens (tertiary/aromatic N) is 4. The van der Waals surface area contributed by atoms with Crippen molar-refractivity contribution in [3.05, 3.63) is 52.3 Å². The van der Waals surface area contributed by atoms with Gasteiger partial charge in [0.15, 0.2) is 5.96 Å². The molecule has 31 heavy (non-hydrogen) atoms. The summed E-state index contributed by atoms with van der Waals surface area (Å²) in [4.78, 5) is 6.38. The molecule has 1 aromatic heterocycles. The van der Waals surface area contributed by atoms with Crippen LogP contribution >= 0.6 is 24.0 Å². The Hall–Kier alpha value is -1.82. The molecule has 1 saturated heterocycles. The molecular weight excluding hydrogens is 522 g/mol. The van der Waals surface area contributed by atoms with E-state index >= 15 is 0 Å². The first kappa shape index (κ1) is 25.4. The fraction of sp³-hybridized carbons (Fsp3) is 0.524. The average Bonchev–Trinajstić information content (AvgIpc) is 2.96. The summed E-state index contributed by atoms with van der Waals surface area (Å²) in [6.07, 6.45) is -4.00. The maximum absolute atomic E-state index is 13.0. The number of rotatable bonds is 4. The first-order valence-electron chi connectivity index (χ1n) is 9.94. The summed E-state index contributed by atoms with van der Waals surface area (Å²) >= 11 is 0. The number of aromatic nitrogens is 2. The van der Waals surface area contributed by atoms with Gasteiger partial charge in [-0.15, -0.1) is 24.0 Å². The highest BCUT2D eigenvalue weighted by Crippen LogP contribution is 2.32. The molecule has 0 spiro atoms. The second kappa shape index (κ2) is 10.7. The van der Waals surface area contributed by atoms with E-state index in [9.17, 15) is 13.2 Å². The maximum Gasteiger partial charge on any atom is 0.416 e. The van der Waals surface area contributed by atoms with Crippen molar-refractivity contribution in [2.24, 2.45) is 12.0 Å². The Morgan fingerprint density at radius 2 is 2.06 bits per heavy atom. The minimum atomic E-state index is -4.37. The van der Waals surface area contributed by atoms with E-state index in [1.54, 1.807) is 13.1 Å². The van der Waals surface area contributed by atoms with Crippen LogP contribution in [0.3, 0.4) is 0 Å². The number of alkyl halides is 3. The second-order valence-electron chi connectivity index (χ2n) is 7.43. The van der Waals surface area contributed by atoms with Crippen LogP contribution in [0.4, 0.5) is 13.2 Å². The van der Waals surface area contributed by atoms with Gasteiger partial charge in [0.1, 0.15) is 6.10 Å². The number of hydrogen-bond acceptors (Lipinski definition) is 3. The lowest BCUT2D eigenvalue weighted by Gasteiger charge is -2.35. The number of aryl methyl sites for hydroxylation is 2. The lowest BCUT2D eigenvalue weighted by molar-refractivity contribution is -0.137. The Balaban J connectivity index is 0.00000341. The standard InChI is InChI=1S/C21H28F3N5O.HI/c1-14-18(15(2)28(4)27-14)8-9-26-20(25-3)29-10-11-30-19(13-29)16-6-5-7-17(12-16)21(22,23)24;/h5-7,12,19H,8-11,13H2,1-4H3,(H,25,26);1H. The van der Waals surface area contributed by atoms with E-state index in [1.165, 1.54) is 11.6 Å². The van der Waals surface area contributed by atoms with Crippen molar-refractivity contribution >= 4 is 29.9 Å². The van der Waals surface area contributed by atoms with Crippen LogP contribution < -0.4 is 5.32 Å². The van der Waals surface area contributed by atoms with E-state index in [-0.39, 0.29) is 24.0 Å². The van der Waals surface area contributed by atoms with Gasteiger partial charge in [0.25, 0.3) is 0 Å². The molecule has 1 atom stereocenters. The Morgan fingerprint density at radius 1 is 1.32 bits per heavy atom. The fourth-order valence-electron chi connectivity index (χ4n) is 3.77. The molecule has 1 N–H and O–H groups in total. The molecule has 2 aromatic rings. The number of guanidine groups is 1.